The molecule has 3 aromatic rings. The van der Waals surface area contributed by atoms with Gasteiger partial charge in [-0.25, -0.2) is 4.79 Å². The smallest absolute Gasteiger partial charge is 0.416 e. The number of piperazine rings is 1. The van der Waals surface area contributed by atoms with E-state index >= 15 is 0 Å². The second kappa shape index (κ2) is 9.75. The molecule has 5 nitrogen and oxygen atoms in total. The monoisotopic (exact) mass is 446 g/mol. The van der Waals surface area contributed by atoms with Gasteiger partial charge in [0.1, 0.15) is 11.3 Å². The number of rotatable bonds is 7. The molecule has 4 rings (SSSR count). The van der Waals surface area contributed by atoms with Crippen LogP contribution >= 0.6 is 0 Å². The molecule has 1 aliphatic rings. The summed E-state index contributed by atoms with van der Waals surface area (Å²) in [7, 11) is 0. The van der Waals surface area contributed by atoms with Crippen molar-refractivity contribution in [3.63, 3.8) is 0 Å². The maximum Gasteiger partial charge on any atom is 0.416 e. The van der Waals surface area contributed by atoms with Crippen molar-refractivity contribution < 1.29 is 22.3 Å². The highest BCUT2D eigenvalue weighted by molar-refractivity contribution is 5.77. The van der Waals surface area contributed by atoms with Crippen LogP contribution in [0.25, 0.3) is 11.0 Å². The first-order chi connectivity index (χ1) is 15.4. The molecule has 1 aliphatic heterocycles. The van der Waals surface area contributed by atoms with E-state index in [0.717, 1.165) is 50.6 Å². The van der Waals surface area contributed by atoms with E-state index in [1.807, 2.05) is 12.1 Å². The molecule has 1 aromatic heterocycles. The Labute approximate surface area is 184 Å². The maximum absolute atomic E-state index is 13.2. The second-order valence-electron chi connectivity index (χ2n) is 7.93. The molecule has 32 heavy (non-hydrogen) atoms. The van der Waals surface area contributed by atoms with Gasteiger partial charge >= 0.3 is 11.8 Å². The van der Waals surface area contributed by atoms with Crippen molar-refractivity contribution >= 4 is 11.0 Å². The Morgan fingerprint density at radius 3 is 2.44 bits per heavy atom. The Balaban J connectivity index is 1.20. The molecule has 2 heterocycles. The maximum atomic E-state index is 13.2. The van der Waals surface area contributed by atoms with E-state index in [1.54, 1.807) is 24.3 Å². The molecule has 8 heteroatoms. The highest BCUT2D eigenvalue weighted by atomic mass is 19.4. The van der Waals surface area contributed by atoms with Crippen LogP contribution < -0.4 is 10.4 Å². The molecular formula is C24H25F3N2O3. The Kier molecular flexibility index (Phi) is 6.81. The van der Waals surface area contributed by atoms with Crippen LogP contribution in [0.3, 0.4) is 0 Å². The van der Waals surface area contributed by atoms with Crippen LogP contribution in [0.2, 0.25) is 0 Å². The molecule has 2 aromatic carbocycles. The van der Waals surface area contributed by atoms with Crippen LogP contribution in [-0.4, -0.2) is 49.1 Å². The quantitative estimate of drug-likeness (QED) is 0.398. The third-order valence-corrected chi connectivity index (χ3v) is 5.66. The van der Waals surface area contributed by atoms with Crippen LogP contribution in [0.15, 0.2) is 63.8 Å². The minimum Gasteiger partial charge on any atom is -0.493 e. The minimum atomic E-state index is -4.32. The molecule has 0 spiro atoms. The number of fused-ring (bicyclic) bond motifs is 1. The standard InChI is InChI=1S/C24H25F3N2O3/c25-24(26,27)21-5-2-1-4-19(21)17-29-13-11-28(12-14-29)10-3-15-31-20-8-6-18-7-9-23(30)32-22(18)16-20/h1-2,4-9,16H,3,10-15,17H2. The topological polar surface area (TPSA) is 45.9 Å². The molecule has 0 atom stereocenters. The molecule has 0 bridgehead atoms. The Hall–Kier alpha value is -2.84. The normalized spacial score (nSPS) is 15.8. The van der Waals surface area contributed by atoms with E-state index in [-0.39, 0.29) is 0 Å². The number of alkyl halides is 3. The fourth-order valence-corrected chi connectivity index (χ4v) is 3.96. The predicted octanol–water partition coefficient (Wildman–Crippen LogP) is 4.40. The molecule has 0 aliphatic carbocycles. The van der Waals surface area contributed by atoms with Gasteiger partial charge in [-0.15, -0.1) is 0 Å². The van der Waals surface area contributed by atoms with E-state index in [1.165, 1.54) is 12.1 Å². The second-order valence-corrected chi connectivity index (χ2v) is 7.93. The molecular weight excluding hydrogens is 421 g/mol. The Morgan fingerprint density at radius 2 is 1.66 bits per heavy atom. The van der Waals surface area contributed by atoms with E-state index in [2.05, 4.69) is 9.80 Å². The fraction of sp³-hybridized carbons (Fsp3) is 0.375. The van der Waals surface area contributed by atoms with Gasteiger partial charge in [0.15, 0.2) is 0 Å². The number of hydrogen-bond acceptors (Lipinski definition) is 5. The zero-order valence-corrected chi connectivity index (χ0v) is 17.6. The van der Waals surface area contributed by atoms with Crippen molar-refractivity contribution in [2.45, 2.75) is 19.1 Å². The van der Waals surface area contributed by atoms with E-state index < -0.39 is 17.4 Å². The Morgan fingerprint density at radius 1 is 0.938 bits per heavy atom. The molecule has 0 radical (unpaired) electrons. The van der Waals surface area contributed by atoms with Crippen molar-refractivity contribution in [2.75, 3.05) is 39.3 Å². The first-order valence-electron chi connectivity index (χ1n) is 10.6. The largest absolute Gasteiger partial charge is 0.493 e. The number of hydrogen-bond donors (Lipinski definition) is 0. The van der Waals surface area contributed by atoms with Crippen molar-refractivity contribution in [2.24, 2.45) is 0 Å². The average Bonchev–Trinajstić information content (AvgIpc) is 2.77. The zero-order valence-electron chi connectivity index (χ0n) is 17.6. The lowest BCUT2D eigenvalue weighted by Crippen LogP contribution is -2.46. The van der Waals surface area contributed by atoms with Gasteiger partial charge in [-0.05, 0) is 36.2 Å². The van der Waals surface area contributed by atoms with E-state index in [4.69, 9.17) is 9.15 Å². The summed E-state index contributed by atoms with van der Waals surface area (Å²) < 4.78 is 50.5. The molecule has 0 N–H and O–H groups in total. The molecule has 170 valence electrons. The van der Waals surface area contributed by atoms with Gasteiger partial charge in [-0.1, -0.05) is 18.2 Å². The molecule has 0 saturated carbocycles. The van der Waals surface area contributed by atoms with Gasteiger partial charge in [0, 0.05) is 56.8 Å². The molecule has 0 unspecified atom stereocenters. The Bertz CT molecular complexity index is 1110. The van der Waals surface area contributed by atoms with Crippen molar-refractivity contribution in [3.05, 3.63) is 76.1 Å². The van der Waals surface area contributed by atoms with E-state index in [0.29, 0.717) is 30.0 Å². The summed E-state index contributed by atoms with van der Waals surface area (Å²) in [4.78, 5) is 15.7. The summed E-state index contributed by atoms with van der Waals surface area (Å²) >= 11 is 0. The lowest BCUT2D eigenvalue weighted by atomic mass is 10.1. The van der Waals surface area contributed by atoms with Crippen LogP contribution in [0, 0.1) is 0 Å². The van der Waals surface area contributed by atoms with Crippen LogP contribution in [0.5, 0.6) is 5.75 Å². The third kappa shape index (κ3) is 5.69. The predicted molar refractivity (Wildman–Crippen MR) is 116 cm³/mol. The molecule has 1 saturated heterocycles. The summed E-state index contributed by atoms with van der Waals surface area (Å²) in [5, 5.41) is 0.840. The van der Waals surface area contributed by atoms with Gasteiger partial charge in [0.2, 0.25) is 0 Å². The summed E-state index contributed by atoms with van der Waals surface area (Å²) in [5.41, 5.74) is -0.116. The lowest BCUT2D eigenvalue weighted by molar-refractivity contribution is -0.138. The summed E-state index contributed by atoms with van der Waals surface area (Å²) in [6, 6.07) is 14.3. The fourth-order valence-electron chi connectivity index (χ4n) is 3.96. The minimum absolute atomic E-state index is 0.310. The van der Waals surface area contributed by atoms with Crippen LogP contribution in [0.1, 0.15) is 17.5 Å². The third-order valence-electron chi connectivity index (χ3n) is 5.66. The van der Waals surface area contributed by atoms with Crippen molar-refractivity contribution in [1.82, 2.24) is 9.80 Å². The number of nitrogens with zero attached hydrogens (tertiary/aromatic N) is 2. The van der Waals surface area contributed by atoms with Gasteiger partial charge < -0.3 is 14.1 Å². The molecule has 1 fully saturated rings. The number of ether oxygens (including phenoxy) is 1. The highest BCUT2D eigenvalue weighted by Crippen LogP contribution is 2.32. The first kappa shape index (κ1) is 22.4. The van der Waals surface area contributed by atoms with E-state index in [9.17, 15) is 18.0 Å². The number of halogens is 3. The summed E-state index contributed by atoms with van der Waals surface area (Å²) in [6.45, 7) is 4.79. The van der Waals surface area contributed by atoms with Crippen LogP contribution in [0.4, 0.5) is 13.2 Å². The van der Waals surface area contributed by atoms with Crippen molar-refractivity contribution in [1.29, 1.82) is 0 Å². The van der Waals surface area contributed by atoms with Crippen LogP contribution in [-0.2, 0) is 12.7 Å². The molecule has 0 amide bonds. The van der Waals surface area contributed by atoms with Gasteiger partial charge in [0.25, 0.3) is 0 Å². The highest BCUT2D eigenvalue weighted by Gasteiger charge is 2.33. The summed E-state index contributed by atoms with van der Waals surface area (Å²) in [6.07, 6.45) is -3.50. The number of benzene rings is 2. The van der Waals surface area contributed by atoms with Gasteiger partial charge in [-0.2, -0.15) is 13.2 Å². The first-order valence-corrected chi connectivity index (χ1v) is 10.6. The lowest BCUT2D eigenvalue weighted by Gasteiger charge is -2.35. The zero-order chi connectivity index (χ0) is 22.6. The van der Waals surface area contributed by atoms with Gasteiger partial charge in [-0.3, -0.25) is 4.90 Å². The SMILES string of the molecule is O=c1ccc2ccc(OCCCN3CCN(Cc4ccccc4C(F)(F)F)CC3)cc2o1. The summed E-state index contributed by atoms with van der Waals surface area (Å²) in [5.74, 6) is 0.653. The van der Waals surface area contributed by atoms with Gasteiger partial charge in [0.05, 0.1) is 12.2 Å². The van der Waals surface area contributed by atoms with Crippen molar-refractivity contribution in [3.8, 4) is 5.75 Å². The average molecular weight is 446 g/mol.